The Balaban J connectivity index is 1.94. The predicted molar refractivity (Wildman–Crippen MR) is 76.2 cm³/mol. The van der Waals surface area contributed by atoms with Gasteiger partial charge in [0.15, 0.2) is 12.4 Å². The summed E-state index contributed by atoms with van der Waals surface area (Å²) < 4.78 is 2.28. The standard InChI is InChI=1S/C17H22N/c1-2-3-4-8-13-18-14-11-17(12-15-18)16-9-6-5-7-10-16/h5-7,9-12,14-15H,2-4,8,13H2,1H3/q+1. The van der Waals surface area contributed by atoms with Crippen molar-refractivity contribution in [2.75, 3.05) is 0 Å². The Morgan fingerprint density at radius 3 is 2.11 bits per heavy atom. The molecule has 1 aromatic carbocycles. The molecular formula is C17H22N+. The summed E-state index contributed by atoms with van der Waals surface area (Å²) in [6, 6.07) is 14.9. The van der Waals surface area contributed by atoms with Gasteiger partial charge in [0.2, 0.25) is 0 Å². The molecule has 0 N–H and O–H groups in total. The third-order valence-electron chi connectivity index (χ3n) is 3.27. The highest BCUT2D eigenvalue weighted by Crippen LogP contribution is 2.16. The summed E-state index contributed by atoms with van der Waals surface area (Å²) >= 11 is 0. The van der Waals surface area contributed by atoms with Crippen LogP contribution in [0.1, 0.15) is 32.6 Å². The molecule has 2 aromatic rings. The van der Waals surface area contributed by atoms with Crippen molar-refractivity contribution >= 4 is 0 Å². The number of hydrogen-bond acceptors (Lipinski definition) is 0. The Morgan fingerprint density at radius 2 is 1.44 bits per heavy atom. The lowest BCUT2D eigenvalue weighted by Crippen LogP contribution is -2.32. The number of aryl methyl sites for hydroxylation is 1. The molecule has 18 heavy (non-hydrogen) atoms. The highest BCUT2D eigenvalue weighted by atomic mass is 14.9. The van der Waals surface area contributed by atoms with Crippen LogP contribution in [0.5, 0.6) is 0 Å². The van der Waals surface area contributed by atoms with Crippen LogP contribution in [0.2, 0.25) is 0 Å². The molecule has 0 radical (unpaired) electrons. The van der Waals surface area contributed by atoms with Gasteiger partial charge in [-0.15, -0.1) is 0 Å². The van der Waals surface area contributed by atoms with Gasteiger partial charge in [-0.05, 0) is 17.5 Å². The second-order valence-electron chi connectivity index (χ2n) is 4.75. The van der Waals surface area contributed by atoms with Gasteiger partial charge in [0.05, 0.1) is 0 Å². The van der Waals surface area contributed by atoms with Crippen LogP contribution in [0.3, 0.4) is 0 Å². The number of pyridine rings is 1. The summed E-state index contributed by atoms with van der Waals surface area (Å²) in [6.07, 6.45) is 9.65. The molecular weight excluding hydrogens is 218 g/mol. The first kappa shape index (κ1) is 12.8. The van der Waals surface area contributed by atoms with E-state index in [9.17, 15) is 0 Å². The summed E-state index contributed by atoms with van der Waals surface area (Å²) in [4.78, 5) is 0. The van der Waals surface area contributed by atoms with E-state index in [4.69, 9.17) is 0 Å². The summed E-state index contributed by atoms with van der Waals surface area (Å²) in [5.74, 6) is 0. The molecule has 0 aliphatic carbocycles. The van der Waals surface area contributed by atoms with E-state index >= 15 is 0 Å². The van der Waals surface area contributed by atoms with Gasteiger partial charge in [-0.25, -0.2) is 4.57 Å². The Kier molecular flexibility index (Phi) is 4.95. The zero-order chi connectivity index (χ0) is 12.6. The summed E-state index contributed by atoms with van der Waals surface area (Å²) in [5.41, 5.74) is 2.58. The average molecular weight is 240 g/mol. The fraction of sp³-hybridized carbons (Fsp3) is 0.353. The van der Waals surface area contributed by atoms with E-state index < -0.39 is 0 Å². The first-order valence-electron chi connectivity index (χ1n) is 6.94. The number of benzene rings is 1. The highest BCUT2D eigenvalue weighted by Gasteiger charge is 2.02. The maximum Gasteiger partial charge on any atom is 0.169 e. The van der Waals surface area contributed by atoms with E-state index in [0.29, 0.717) is 0 Å². The Morgan fingerprint density at radius 1 is 0.778 bits per heavy atom. The van der Waals surface area contributed by atoms with Gasteiger partial charge < -0.3 is 0 Å². The molecule has 0 fully saturated rings. The molecule has 0 atom stereocenters. The molecule has 0 unspecified atom stereocenters. The monoisotopic (exact) mass is 240 g/mol. The molecule has 1 heteroatoms. The van der Waals surface area contributed by atoms with Crippen molar-refractivity contribution in [2.45, 2.75) is 39.2 Å². The number of nitrogens with zero attached hydrogens (tertiary/aromatic N) is 1. The Hall–Kier alpha value is -1.63. The minimum absolute atomic E-state index is 1.13. The smallest absolute Gasteiger partial charge is 0.169 e. The highest BCUT2D eigenvalue weighted by molar-refractivity contribution is 5.61. The van der Waals surface area contributed by atoms with Crippen molar-refractivity contribution in [1.29, 1.82) is 0 Å². The average Bonchev–Trinajstić information content (AvgIpc) is 2.45. The van der Waals surface area contributed by atoms with Gasteiger partial charge in [0.1, 0.15) is 6.54 Å². The molecule has 0 aliphatic heterocycles. The van der Waals surface area contributed by atoms with Gasteiger partial charge >= 0.3 is 0 Å². The fourth-order valence-electron chi connectivity index (χ4n) is 2.15. The van der Waals surface area contributed by atoms with Gasteiger partial charge in [-0.3, -0.25) is 0 Å². The molecule has 1 aromatic heterocycles. The van der Waals surface area contributed by atoms with E-state index in [2.05, 4.69) is 66.3 Å². The van der Waals surface area contributed by atoms with Crippen molar-refractivity contribution in [3.63, 3.8) is 0 Å². The zero-order valence-electron chi connectivity index (χ0n) is 11.2. The molecule has 0 bridgehead atoms. The van der Waals surface area contributed by atoms with E-state index in [1.165, 1.54) is 36.8 Å². The molecule has 2 rings (SSSR count). The summed E-state index contributed by atoms with van der Waals surface area (Å²) in [6.45, 7) is 3.39. The molecule has 0 amide bonds. The zero-order valence-corrected chi connectivity index (χ0v) is 11.2. The van der Waals surface area contributed by atoms with E-state index in [0.717, 1.165) is 6.54 Å². The molecule has 94 valence electrons. The van der Waals surface area contributed by atoms with Gasteiger partial charge in [0, 0.05) is 18.6 Å². The topological polar surface area (TPSA) is 3.88 Å². The Bertz CT molecular complexity index is 445. The maximum atomic E-state index is 2.28. The normalized spacial score (nSPS) is 10.5. The lowest BCUT2D eigenvalue weighted by atomic mass is 10.1. The minimum Gasteiger partial charge on any atom is -0.205 e. The van der Waals surface area contributed by atoms with Crippen molar-refractivity contribution in [3.05, 3.63) is 54.9 Å². The van der Waals surface area contributed by atoms with Crippen LogP contribution in [0.4, 0.5) is 0 Å². The largest absolute Gasteiger partial charge is 0.205 e. The van der Waals surface area contributed by atoms with Crippen LogP contribution in [-0.2, 0) is 6.54 Å². The third kappa shape index (κ3) is 3.69. The first-order valence-corrected chi connectivity index (χ1v) is 6.94. The Labute approximate surface area is 110 Å². The number of aromatic nitrogens is 1. The van der Waals surface area contributed by atoms with Crippen LogP contribution in [-0.4, -0.2) is 0 Å². The second kappa shape index (κ2) is 6.95. The second-order valence-corrected chi connectivity index (χ2v) is 4.75. The third-order valence-corrected chi connectivity index (χ3v) is 3.27. The molecule has 0 spiro atoms. The predicted octanol–water partition coefficient (Wildman–Crippen LogP) is 4.22. The molecule has 0 saturated heterocycles. The maximum absolute atomic E-state index is 2.28. The number of unbranched alkanes of at least 4 members (excludes halogenated alkanes) is 3. The SMILES string of the molecule is CCCCCC[n+]1ccc(-c2ccccc2)cc1. The molecule has 1 heterocycles. The van der Waals surface area contributed by atoms with Gasteiger partial charge in [-0.2, -0.15) is 0 Å². The van der Waals surface area contributed by atoms with Crippen molar-refractivity contribution in [2.24, 2.45) is 0 Å². The van der Waals surface area contributed by atoms with E-state index in [1.807, 2.05) is 0 Å². The van der Waals surface area contributed by atoms with E-state index in [1.54, 1.807) is 0 Å². The number of hydrogen-bond donors (Lipinski definition) is 0. The van der Waals surface area contributed by atoms with E-state index in [-0.39, 0.29) is 0 Å². The van der Waals surface area contributed by atoms with Crippen molar-refractivity contribution in [3.8, 4) is 11.1 Å². The summed E-state index contributed by atoms with van der Waals surface area (Å²) in [7, 11) is 0. The minimum atomic E-state index is 1.13. The van der Waals surface area contributed by atoms with Gasteiger partial charge in [-0.1, -0.05) is 50.1 Å². The molecule has 1 nitrogen and oxygen atoms in total. The summed E-state index contributed by atoms with van der Waals surface area (Å²) in [5, 5.41) is 0. The van der Waals surface area contributed by atoms with Crippen LogP contribution < -0.4 is 4.57 Å². The fourth-order valence-corrected chi connectivity index (χ4v) is 2.15. The van der Waals surface area contributed by atoms with Crippen LogP contribution in [0, 0.1) is 0 Å². The van der Waals surface area contributed by atoms with Crippen LogP contribution in [0.25, 0.3) is 11.1 Å². The molecule has 0 saturated carbocycles. The van der Waals surface area contributed by atoms with Gasteiger partial charge in [0.25, 0.3) is 0 Å². The lowest BCUT2D eigenvalue weighted by Gasteiger charge is -2.01. The van der Waals surface area contributed by atoms with Crippen molar-refractivity contribution in [1.82, 2.24) is 0 Å². The quantitative estimate of drug-likeness (QED) is 0.526. The number of rotatable bonds is 6. The van der Waals surface area contributed by atoms with Crippen LogP contribution >= 0.6 is 0 Å². The van der Waals surface area contributed by atoms with Crippen molar-refractivity contribution < 1.29 is 4.57 Å². The van der Waals surface area contributed by atoms with Crippen LogP contribution in [0.15, 0.2) is 54.9 Å². The molecule has 0 aliphatic rings. The first-order chi connectivity index (χ1) is 8.90. The lowest BCUT2D eigenvalue weighted by molar-refractivity contribution is -0.697.